The molecule has 2 rings (SSSR count). The van der Waals surface area contributed by atoms with Crippen LogP contribution >= 0.6 is 0 Å². The van der Waals surface area contributed by atoms with Gasteiger partial charge < -0.3 is 0 Å². The topological polar surface area (TPSA) is 19.7 Å². The molecule has 34 heavy (non-hydrogen) atoms. The minimum Gasteiger partial charge on any atom is -0.250 e. The predicted octanol–water partition coefficient (Wildman–Crippen LogP) is 9.76. The first kappa shape index (κ1) is 28.7. The fourth-order valence-electron chi connectivity index (χ4n) is 5.51. The summed E-state index contributed by atoms with van der Waals surface area (Å²) in [5, 5.41) is 0. The Balaban J connectivity index is 1.81. The predicted molar refractivity (Wildman–Crippen MR) is 148 cm³/mol. The van der Waals surface area contributed by atoms with E-state index in [9.17, 15) is 0 Å². The largest absolute Gasteiger partial charge is 0.250 e. The van der Waals surface area contributed by atoms with E-state index < -0.39 is 0 Å². The lowest BCUT2D eigenvalue weighted by molar-refractivity contribution is -0.730. The fourth-order valence-corrected chi connectivity index (χ4v) is 5.51. The van der Waals surface area contributed by atoms with E-state index in [4.69, 9.17) is 0 Å². The van der Waals surface area contributed by atoms with Crippen molar-refractivity contribution in [2.45, 2.75) is 142 Å². The van der Waals surface area contributed by atoms with E-state index in [1.54, 1.807) is 0 Å². The average Bonchev–Trinajstić information content (AvgIpc) is 3.39. The van der Waals surface area contributed by atoms with Crippen molar-refractivity contribution >= 4 is 0 Å². The zero-order valence-electron chi connectivity index (χ0n) is 22.7. The Morgan fingerprint density at radius 1 is 0.647 bits per heavy atom. The Labute approximate surface area is 212 Å². The van der Waals surface area contributed by atoms with E-state index in [0.29, 0.717) is 12.0 Å². The van der Waals surface area contributed by atoms with Gasteiger partial charge in [-0.05, 0) is 31.2 Å². The second kappa shape index (κ2) is 19.7. The highest BCUT2D eigenvalue weighted by Gasteiger charge is 2.26. The van der Waals surface area contributed by atoms with Crippen LogP contribution in [0.2, 0.25) is 0 Å². The Hall–Kier alpha value is -1.57. The normalized spacial score (nSPS) is 13.2. The van der Waals surface area contributed by atoms with Gasteiger partial charge in [-0.1, -0.05) is 140 Å². The summed E-state index contributed by atoms with van der Waals surface area (Å²) in [7, 11) is 0. The monoisotopic (exact) mass is 467 g/mol. The number of H-pyrrole nitrogens is 1. The number of aromatic nitrogens is 2. The van der Waals surface area contributed by atoms with Crippen molar-refractivity contribution in [1.29, 1.82) is 0 Å². The van der Waals surface area contributed by atoms with Gasteiger partial charge in [-0.25, -0.2) is 4.57 Å². The molecule has 2 heteroatoms. The van der Waals surface area contributed by atoms with E-state index in [0.717, 1.165) is 0 Å². The Morgan fingerprint density at radius 2 is 1.18 bits per heavy atom. The molecule has 1 aromatic carbocycles. The van der Waals surface area contributed by atoms with Crippen LogP contribution in [0.1, 0.15) is 141 Å². The van der Waals surface area contributed by atoms with Gasteiger partial charge in [-0.2, -0.15) is 0 Å². The zero-order chi connectivity index (χ0) is 24.1. The molecule has 1 N–H and O–H groups in total. The number of hydrogen-bond donors (Lipinski definition) is 1. The van der Waals surface area contributed by atoms with E-state index in [2.05, 4.69) is 72.5 Å². The molecule has 0 spiro atoms. The number of nitrogens with one attached hydrogen (secondary N) is 1. The number of hydrogen-bond acceptors (Lipinski definition) is 0. The fraction of sp³-hybridized carbons (Fsp3) is 0.719. The minimum atomic E-state index is 0.608. The van der Waals surface area contributed by atoms with Crippen molar-refractivity contribution in [2.24, 2.45) is 5.92 Å². The zero-order valence-corrected chi connectivity index (χ0v) is 22.7. The summed E-state index contributed by atoms with van der Waals surface area (Å²) in [6.45, 7) is 4.61. The van der Waals surface area contributed by atoms with Gasteiger partial charge in [0.15, 0.2) is 0 Å². The highest BCUT2D eigenvalue weighted by atomic mass is 15.1. The van der Waals surface area contributed by atoms with E-state index in [-0.39, 0.29) is 0 Å². The smallest absolute Gasteiger partial charge is 0.241 e. The van der Waals surface area contributed by atoms with Gasteiger partial charge in [0.05, 0.1) is 0 Å². The van der Waals surface area contributed by atoms with Crippen LogP contribution in [0.3, 0.4) is 0 Å². The average molecular weight is 468 g/mol. The third kappa shape index (κ3) is 12.8. The number of rotatable bonds is 22. The van der Waals surface area contributed by atoms with Crippen molar-refractivity contribution in [3.05, 3.63) is 54.6 Å². The standard InChI is InChI=1S/C32H54N2/c1-3-5-7-9-10-11-12-13-14-16-20-24-31(28-30-22-18-17-19-23-30)32(34-27-26-33-29-34)25-21-15-8-6-4-2/h17-19,22-23,26-27,29,31-32H,3-16,20-21,24-25,28H2,1-2H3/p+1. The molecule has 1 aromatic heterocycles. The van der Waals surface area contributed by atoms with Gasteiger partial charge in [-0.15, -0.1) is 0 Å². The summed E-state index contributed by atoms with van der Waals surface area (Å²) in [6.07, 6.45) is 32.9. The number of aromatic amines is 1. The molecule has 0 saturated carbocycles. The molecule has 0 amide bonds. The Morgan fingerprint density at radius 3 is 1.71 bits per heavy atom. The van der Waals surface area contributed by atoms with Gasteiger partial charge >= 0.3 is 0 Å². The molecule has 192 valence electrons. The lowest BCUT2D eigenvalue weighted by atomic mass is 9.84. The first-order chi connectivity index (χ1) is 16.8. The van der Waals surface area contributed by atoms with Crippen molar-refractivity contribution in [3.8, 4) is 0 Å². The molecule has 2 atom stereocenters. The second-order valence-corrected chi connectivity index (χ2v) is 10.6. The molecule has 0 bridgehead atoms. The third-order valence-electron chi connectivity index (χ3n) is 7.62. The number of benzene rings is 1. The van der Waals surface area contributed by atoms with Crippen LogP contribution in [0.4, 0.5) is 0 Å². The summed E-state index contributed by atoms with van der Waals surface area (Å²) in [6, 6.07) is 11.8. The molecule has 0 aliphatic heterocycles. The molecule has 2 nitrogen and oxygen atoms in total. The molecule has 0 radical (unpaired) electrons. The molecule has 2 aromatic rings. The maximum Gasteiger partial charge on any atom is 0.241 e. The van der Waals surface area contributed by atoms with Crippen LogP contribution in [0.25, 0.3) is 0 Å². The van der Waals surface area contributed by atoms with Gasteiger partial charge in [0.2, 0.25) is 6.33 Å². The highest BCUT2D eigenvalue weighted by Crippen LogP contribution is 2.29. The minimum absolute atomic E-state index is 0.608. The lowest BCUT2D eigenvalue weighted by Crippen LogP contribution is -2.42. The molecule has 2 unspecified atom stereocenters. The maximum atomic E-state index is 3.31. The van der Waals surface area contributed by atoms with E-state index >= 15 is 0 Å². The summed E-state index contributed by atoms with van der Waals surface area (Å²) >= 11 is 0. The highest BCUT2D eigenvalue weighted by molar-refractivity contribution is 5.15. The van der Waals surface area contributed by atoms with Crippen molar-refractivity contribution in [2.75, 3.05) is 0 Å². The molecular weight excluding hydrogens is 412 g/mol. The van der Waals surface area contributed by atoms with Gasteiger partial charge in [0.25, 0.3) is 0 Å². The van der Waals surface area contributed by atoms with Crippen molar-refractivity contribution in [3.63, 3.8) is 0 Å². The SMILES string of the molecule is CCCCCCCCCCCCCC(Cc1ccccc1)C(CCCCCCC)[n+]1cc[nH]c1. The summed E-state index contributed by atoms with van der Waals surface area (Å²) in [5.74, 6) is 0.716. The number of unbranched alkanes of at least 4 members (excludes halogenated alkanes) is 14. The van der Waals surface area contributed by atoms with E-state index in [1.807, 2.05) is 0 Å². The Kier molecular flexibility index (Phi) is 16.6. The summed E-state index contributed by atoms with van der Waals surface area (Å²) < 4.78 is 2.48. The van der Waals surface area contributed by atoms with Gasteiger partial charge in [0, 0.05) is 5.92 Å². The van der Waals surface area contributed by atoms with Crippen molar-refractivity contribution < 1.29 is 4.57 Å². The quantitative estimate of drug-likeness (QED) is 0.131. The van der Waals surface area contributed by atoms with Crippen molar-refractivity contribution in [1.82, 2.24) is 4.98 Å². The molecule has 0 saturated heterocycles. The van der Waals surface area contributed by atoms with E-state index in [1.165, 1.54) is 128 Å². The summed E-state index contributed by atoms with van der Waals surface area (Å²) in [5.41, 5.74) is 1.50. The first-order valence-electron chi connectivity index (χ1n) is 14.9. The third-order valence-corrected chi connectivity index (χ3v) is 7.62. The van der Waals surface area contributed by atoms with Crippen LogP contribution in [0, 0.1) is 5.92 Å². The van der Waals surface area contributed by atoms with Gasteiger partial charge in [0.1, 0.15) is 18.4 Å². The van der Waals surface area contributed by atoms with Gasteiger partial charge in [-0.3, -0.25) is 4.98 Å². The molecule has 0 aliphatic carbocycles. The van der Waals surface area contributed by atoms with Crippen LogP contribution in [0.5, 0.6) is 0 Å². The lowest BCUT2D eigenvalue weighted by Gasteiger charge is -2.25. The van der Waals surface area contributed by atoms with Crippen LogP contribution in [0.15, 0.2) is 49.1 Å². The second-order valence-electron chi connectivity index (χ2n) is 10.6. The summed E-state index contributed by atoms with van der Waals surface area (Å²) in [4.78, 5) is 3.31. The van der Waals surface area contributed by atoms with Crippen LogP contribution in [-0.4, -0.2) is 4.98 Å². The Bertz CT molecular complexity index is 664. The maximum absolute atomic E-state index is 3.31. The first-order valence-corrected chi connectivity index (χ1v) is 14.9. The molecule has 0 fully saturated rings. The molecule has 0 aliphatic rings. The molecule has 1 heterocycles. The molecular formula is C32H55N2+. The van der Waals surface area contributed by atoms with Crippen LogP contribution in [-0.2, 0) is 6.42 Å². The van der Waals surface area contributed by atoms with Crippen LogP contribution < -0.4 is 4.57 Å². The number of imidazole rings is 1. The number of nitrogens with zero attached hydrogens (tertiary/aromatic N) is 1.